The summed E-state index contributed by atoms with van der Waals surface area (Å²) in [5.41, 5.74) is 0.697. The predicted octanol–water partition coefficient (Wildman–Crippen LogP) is 0.357. The van der Waals surface area contributed by atoms with Crippen molar-refractivity contribution in [2.75, 3.05) is 18.0 Å². The van der Waals surface area contributed by atoms with Gasteiger partial charge in [-0.2, -0.15) is 4.98 Å². The summed E-state index contributed by atoms with van der Waals surface area (Å²) in [6.45, 7) is 6.05. The zero-order chi connectivity index (χ0) is 15.0. The van der Waals surface area contributed by atoms with Crippen molar-refractivity contribution in [3.63, 3.8) is 0 Å². The topological polar surface area (TPSA) is 78.8 Å². The molecule has 0 amide bonds. The van der Waals surface area contributed by atoms with Gasteiger partial charge in [-0.15, -0.1) is 5.10 Å². The molecule has 1 saturated heterocycles. The molecule has 2 aromatic heterocycles. The van der Waals surface area contributed by atoms with E-state index in [2.05, 4.69) is 39.2 Å². The summed E-state index contributed by atoms with van der Waals surface area (Å²) in [6.07, 6.45) is 1.73. The van der Waals surface area contributed by atoms with Crippen molar-refractivity contribution in [2.24, 2.45) is 7.05 Å². The van der Waals surface area contributed by atoms with Crippen LogP contribution in [-0.2, 0) is 7.05 Å². The molecule has 3 heterocycles. The Hall–Kier alpha value is -2.15. The molecule has 0 aliphatic carbocycles. The van der Waals surface area contributed by atoms with Gasteiger partial charge in [-0.1, -0.05) is 0 Å². The summed E-state index contributed by atoms with van der Waals surface area (Å²) in [7, 11) is 1.72. The Morgan fingerprint density at radius 3 is 2.67 bits per heavy atom. The Morgan fingerprint density at radius 2 is 2.00 bits per heavy atom. The van der Waals surface area contributed by atoms with Crippen molar-refractivity contribution < 1.29 is 0 Å². The van der Waals surface area contributed by atoms with Gasteiger partial charge in [0.1, 0.15) is 0 Å². The number of nitrogens with one attached hydrogen (secondary N) is 2. The van der Waals surface area contributed by atoms with Crippen molar-refractivity contribution in [2.45, 2.75) is 25.9 Å². The number of hydrogen-bond donors (Lipinski definition) is 2. The van der Waals surface area contributed by atoms with Gasteiger partial charge in [-0.05, 0) is 19.9 Å². The Morgan fingerprint density at radius 1 is 1.29 bits per heavy atom. The van der Waals surface area contributed by atoms with Crippen LogP contribution in [0.25, 0.3) is 11.4 Å². The number of aromatic amines is 1. The molecule has 2 aromatic rings. The molecule has 112 valence electrons. The molecule has 3 rings (SSSR count). The lowest BCUT2D eigenvalue weighted by Crippen LogP contribution is -2.54. The number of pyridine rings is 1. The van der Waals surface area contributed by atoms with E-state index in [0.717, 1.165) is 18.7 Å². The first-order valence-corrected chi connectivity index (χ1v) is 7.13. The van der Waals surface area contributed by atoms with Gasteiger partial charge < -0.3 is 14.8 Å². The number of H-pyrrole nitrogens is 1. The van der Waals surface area contributed by atoms with Crippen LogP contribution in [0.2, 0.25) is 0 Å². The van der Waals surface area contributed by atoms with E-state index in [-0.39, 0.29) is 5.56 Å². The van der Waals surface area contributed by atoms with Crippen molar-refractivity contribution >= 4 is 5.95 Å². The minimum atomic E-state index is -0.0603. The van der Waals surface area contributed by atoms with Gasteiger partial charge >= 0.3 is 0 Å². The SMILES string of the molecule is CC1CN(c2n[nH]c(-c3ccn(C)c(=O)c3)n2)CC(C)N1. The van der Waals surface area contributed by atoms with Gasteiger partial charge in [0.05, 0.1) is 0 Å². The van der Waals surface area contributed by atoms with E-state index in [4.69, 9.17) is 0 Å². The number of nitrogens with zero attached hydrogens (tertiary/aromatic N) is 4. The van der Waals surface area contributed by atoms with Crippen LogP contribution >= 0.6 is 0 Å². The standard InChI is InChI=1S/C14H20N6O/c1-9-7-20(8-10(2)15-9)14-16-13(17-18-14)11-4-5-19(3)12(21)6-11/h4-6,9-10,15H,7-8H2,1-3H3,(H,16,17,18). The summed E-state index contributed by atoms with van der Waals surface area (Å²) in [5.74, 6) is 1.31. The molecule has 2 atom stereocenters. The molecule has 1 aliphatic heterocycles. The fraction of sp³-hybridized carbons (Fsp3) is 0.500. The molecule has 2 unspecified atom stereocenters. The van der Waals surface area contributed by atoms with Gasteiger partial charge in [0.2, 0.25) is 5.95 Å². The third-order valence-electron chi connectivity index (χ3n) is 3.69. The average molecular weight is 288 g/mol. The molecule has 7 nitrogen and oxygen atoms in total. The number of hydrogen-bond acceptors (Lipinski definition) is 5. The summed E-state index contributed by atoms with van der Waals surface area (Å²) in [6, 6.07) is 4.22. The molecule has 1 aliphatic rings. The van der Waals surface area contributed by atoms with E-state index in [0.29, 0.717) is 23.9 Å². The van der Waals surface area contributed by atoms with Gasteiger partial charge in [-0.25, -0.2) is 0 Å². The second-order valence-corrected chi connectivity index (χ2v) is 5.72. The Labute approximate surface area is 123 Å². The Bertz CT molecular complexity index is 681. The molecule has 0 aromatic carbocycles. The van der Waals surface area contributed by atoms with Crippen molar-refractivity contribution in [1.82, 2.24) is 25.1 Å². The van der Waals surface area contributed by atoms with E-state index >= 15 is 0 Å². The van der Waals surface area contributed by atoms with Crippen LogP contribution in [0.3, 0.4) is 0 Å². The minimum Gasteiger partial charge on any atom is -0.336 e. The quantitative estimate of drug-likeness (QED) is 0.834. The minimum absolute atomic E-state index is 0.0603. The Balaban J connectivity index is 1.86. The molecule has 0 radical (unpaired) electrons. The van der Waals surface area contributed by atoms with Gasteiger partial charge in [0.15, 0.2) is 5.82 Å². The Kier molecular flexibility index (Phi) is 3.50. The zero-order valence-corrected chi connectivity index (χ0v) is 12.5. The first-order chi connectivity index (χ1) is 10.0. The number of aryl methyl sites for hydroxylation is 1. The summed E-state index contributed by atoms with van der Waals surface area (Å²) in [5, 5.41) is 10.7. The van der Waals surface area contributed by atoms with Gasteiger partial charge in [0.25, 0.3) is 5.56 Å². The summed E-state index contributed by atoms with van der Waals surface area (Å²) >= 11 is 0. The smallest absolute Gasteiger partial charge is 0.250 e. The highest BCUT2D eigenvalue weighted by Crippen LogP contribution is 2.17. The molecular weight excluding hydrogens is 268 g/mol. The second kappa shape index (κ2) is 5.33. The van der Waals surface area contributed by atoms with Crippen LogP contribution in [-0.4, -0.2) is 44.9 Å². The van der Waals surface area contributed by atoms with Crippen LogP contribution in [0.5, 0.6) is 0 Å². The molecule has 1 fully saturated rings. The van der Waals surface area contributed by atoms with E-state index in [1.54, 1.807) is 19.3 Å². The highest BCUT2D eigenvalue weighted by Gasteiger charge is 2.23. The molecule has 2 N–H and O–H groups in total. The first kappa shape index (κ1) is 13.8. The van der Waals surface area contributed by atoms with Crippen LogP contribution in [0.4, 0.5) is 5.95 Å². The lowest BCUT2D eigenvalue weighted by molar-refractivity contribution is 0.403. The highest BCUT2D eigenvalue weighted by molar-refractivity contribution is 5.55. The van der Waals surface area contributed by atoms with E-state index in [9.17, 15) is 4.79 Å². The third kappa shape index (κ3) is 2.82. The van der Waals surface area contributed by atoms with Crippen molar-refractivity contribution in [3.05, 3.63) is 28.7 Å². The largest absolute Gasteiger partial charge is 0.336 e. The maximum Gasteiger partial charge on any atom is 0.250 e. The summed E-state index contributed by atoms with van der Waals surface area (Å²) < 4.78 is 1.53. The molecular formula is C14H20N6O. The van der Waals surface area contributed by atoms with Crippen LogP contribution in [0.15, 0.2) is 23.1 Å². The molecule has 0 saturated carbocycles. The summed E-state index contributed by atoms with van der Waals surface area (Å²) in [4.78, 5) is 18.4. The lowest BCUT2D eigenvalue weighted by Gasteiger charge is -2.35. The van der Waals surface area contributed by atoms with E-state index in [1.807, 2.05) is 6.07 Å². The normalized spacial score (nSPS) is 22.5. The monoisotopic (exact) mass is 288 g/mol. The molecule has 0 spiro atoms. The maximum atomic E-state index is 11.7. The lowest BCUT2D eigenvalue weighted by atomic mass is 10.1. The number of piperazine rings is 1. The average Bonchev–Trinajstić information content (AvgIpc) is 2.90. The number of aromatic nitrogens is 4. The fourth-order valence-corrected chi connectivity index (χ4v) is 2.71. The zero-order valence-electron chi connectivity index (χ0n) is 12.5. The van der Waals surface area contributed by atoms with E-state index in [1.165, 1.54) is 4.57 Å². The van der Waals surface area contributed by atoms with Gasteiger partial charge in [-0.3, -0.25) is 9.89 Å². The molecule has 21 heavy (non-hydrogen) atoms. The first-order valence-electron chi connectivity index (χ1n) is 7.13. The number of rotatable bonds is 2. The van der Waals surface area contributed by atoms with Crippen molar-refractivity contribution in [3.8, 4) is 11.4 Å². The van der Waals surface area contributed by atoms with Crippen molar-refractivity contribution in [1.29, 1.82) is 0 Å². The number of anilines is 1. The van der Waals surface area contributed by atoms with E-state index < -0.39 is 0 Å². The fourth-order valence-electron chi connectivity index (χ4n) is 2.71. The molecule has 0 bridgehead atoms. The van der Waals surface area contributed by atoms with Crippen LogP contribution in [0.1, 0.15) is 13.8 Å². The maximum absolute atomic E-state index is 11.7. The third-order valence-corrected chi connectivity index (χ3v) is 3.69. The van der Waals surface area contributed by atoms with Crippen LogP contribution < -0.4 is 15.8 Å². The van der Waals surface area contributed by atoms with Gasteiger partial charge in [0, 0.05) is 50.0 Å². The highest BCUT2D eigenvalue weighted by atomic mass is 16.1. The molecule has 7 heteroatoms. The predicted molar refractivity (Wildman–Crippen MR) is 81.3 cm³/mol. The van der Waals surface area contributed by atoms with Crippen LogP contribution in [0, 0.1) is 0 Å². The second-order valence-electron chi connectivity index (χ2n) is 5.72.